The van der Waals surface area contributed by atoms with Gasteiger partial charge in [0, 0.05) is 14.0 Å². The number of benzene rings is 1. The van der Waals surface area contributed by atoms with Crippen molar-refractivity contribution in [1.82, 2.24) is 9.55 Å². The van der Waals surface area contributed by atoms with Crippen LogP contribution in [-0.2, 0) is 11.8 Å². The Labute approximate surface area is 108 Å². The van der Waals surface area contributed by atoms with Crippen molar-refractivity contribution in [3.05, 3.63) is 30.1 Å². The van der Waals surface area contributed by atoms with Crippen molar-refractivity contribution in [3.63, 3.8) is 0 Å². The highest BCUT2D eigenvalue weighted by molar-refractivity contribution is 6.09. The zero-order valence-corrected chi connectivity index (χ0v) is 10.5. The van der Waals surface area contributed by atoms with E-state index in [1.165, 1.54) is 4.57 Å². The molecule has 6 heteroatoms. The summed E-state index contributed by atoms with van der Waals surface area (Å²) in [5.74, 6) is -5.59. The summed E-state index contributed by atoms with van der Waals surface area (Å²) in [5, 5.41) is 0. The Balaban J connectivity index is 2.32. The SMILES string of the molecule is Cn1c(C(=O)CC(=O)C(C)(F)F)nc2ccccc21. The highest BCUT2D eigenvalue weighted by Crippen LogP contribution is 2.19. The van der Waals surface area contributed by atoms with Gasteiger partial charge in [0.1, 0.15) is 0 Å². The number of alkyl halides is 2. The molecule has 100 valence electrons. The molecule has 2 rings (SSSR count). The van der Waals surface area contributed by atoms with Crippen LogP contribution in [0.1, 0.15) is 24.0 Å². The van der Waals surface area contributed by atoms with Gasteiger partial charge in [0.05, 0.1) is 17.5 Å². The summed E-state index contributed by atoms with van der Waals surface area (Å²) in [6.07, 6.45) is -0.847. The Morgan fingerprint density at radius 3 is 2.53 bits per heavy atom. The summed E-state index contributed by atoms with van der Waals surface area (Å²) < 4.78 is 27.0. The standard InChI is InChI=1S/C13H12F2N2O2/c1-13(14,15)11(19)7-10(18)12-16-8-5-3-4-6-9(8)17(12)2/h3-6H,7H2,1-2H3. The lowest BCUT2D eigenvalue weighted by Gasteiger charge is -2.07. The number of carbonyl (C=O) groups is 2. The second kappa shape index (κ2) is 4.53. The molecular weight excluding hydrogens is 254 g/mol. The summed E-state index contributed by atoms with van der Waals surface area (Å²) in [6.45, 7) is 0.484. The maximum absolute atomic E-state index is 12.8. The largest absolute Gasteiger partial charge is 0.325 e. The summed E-state index contributed by atoms with van der Waals surface area (Å²) in [7, 11) is 1.61. The molecule has 0 saturated carbocycles. The molecule has 1 heterocycles. The highest BCUT2D eigenvalue weighted by atomic mass is 19.3. The molecule has 0 N–H and O–H groups in total. The number of ketones is 2. The first-order chi connectivity index (χ1) is 8.80. The summed E-state index contributed by atoms with van der Waals surface area (Å²) in [4.78, 5) is 27.1. The minimum Gasteiger partial charge on any atom is -0.325 e. The maximum atomic E-state index is 12.8. The lowest BCUT2D eigenvalue weighted by molar-refractivity contribution is -0.139. The average Bonchev–Trinajstić information content (AvgIpc) is 2.66. The first-order valence-electron chi connectivity index (χ1n) is 5.66. The number of fused-ring (bicyclic) bond motifs is 1. The third-order valence-electron chi connectivity index (χ3n) is 2.85. The van der Waals surface area contributed by atoms with Crippen molar-refractivity contribution in [2.75, 3.05) is 0 Å². The van der Waals surface area contributed by atoms with Gasteiger partial charge in [-0.25, -0.2) is 4.98 Å². The van der Waals surface area contributed by atoms with E-state index in [1.807, 2.05) is 0 Å². The fraction of sp³-hybridized carbons (Fsp3) is 0.308. The Kier molecular flexibility index (Phi) is 3.18. The van der Waals surface area contributed by atoms with E-state index in [2.05, 4.69) is 4.98 Å². The first kappa shape index (κ1) is 13.3. The van der Waals surface area contributed by atoms with Gasteiger partial charge in [-0.3, -0.25) is 9.59 Å². The van der Waals surface area contributed by atoms with E-state index in [1.54, 1.807) is 31.3 Å². The van der Waals surface area contributed by atoms with Crippen LogP contribution in [0.15, 0.2) is 24.3 Å². The van der Waals surface area contributed by atoms with Gasteiger partial charge in [-0.15, -0.1) is 0 Å². The third kappa shape index (κ3) is 2.52. The lowest BCUT2D eigenvalue weighted by Crippen LogP contribution is -2.27. The van der Waals surface area contributed by atoms with E-state index in [-0.39, 0.29) is 5.82 Å². The lowest BCUT2D eigenvalue weighted by atomic mass is 10.1. The number of hydrogen-bond donors (Lipinski definition) is 0. The van der Waals surface area contributed by atoms with E-state index in [0.29, 0.717) is 18.0 Å². The number of halogens is 2. The van der Waals surface area contributed by atoms with Crippen molar-refractivity contribution < 1.29 is 18.4 Å². The third-order valence-corrected chi connectivity index (χ3v) is 2.85. The molecule has 0 radical (unpaired) electrons. The minimum atomic E-state index is -3.50. The molecule has 0 aliphatic heterocycles. The molecule has 0 spiro atoms. The smallest absolute Gasteiger partial charge is 0.303 e. The Morgan fingerprint density at radius 1 is 1.32 bits per heavy atom. The fourth-order valence-electron chi connectivity index (χ4n) is 1.78. The number of imidazole rings is 1. The van der Waals surface area contributed by atoms with Gasteiger partial charge in [-0.1, -0.05) is 12.1 Å². The van der Waals surface area contributed by atoms with Crippen LogP contribution in [0.2, 0.25) is 0 Å². The van der Waals surface area contributed by atoms with Crippen LogP contribution in [0.4, 0.5) is 8.78 Å². The highest BCUT2D eigenvalue weighted by Gasteiger charge is 2.34. The Bertz CT molecular complexity index is 656. The number of aromatic nitrogens is 2. The number of aryl methyl sites for hydroxylation is 1. The summed E-state index contributed by atoms with van der Waals surface area (Å²) >= 11 is 0. The molecule has 2 aromatic rings. The van der Waals surface area contributed by atoms with Crippen molar-refractivity contribution in [3.8, 4) is 0 Å². The first-order valence-corrected chi connectivity index (χ1v) is 5.66. The van der Waals surface area contributed by atoms with Gasteiger partial charge in [0.25, 0.3) is 0 Å². The number of nitrogens with zero attached hydrogens (tertiary/aromatic N) is 2. The van der Waals surface area contributed by atoms with Gasteiger partial charge in [-0.05, 0) is 12.1 Å². The number of hydrogen-bond acceptors (Lipinski definition) is 3. The van der Waals surface area contributed by atoms with Gasteiger partial charge < -0.3 is 4.57 Å². The van der Waals surface area contributed by atoms with Crippen molar-refractivity contribution in [1.29, 1.82) is 0 Å². The average molecular weight is 266 g/mol. The second-order valence-corrected chi connectivity index (χ2v) is 4.39. The van der Waals surface area contributed by atoms with Gasteiger partial charge >= 0.3 is 5.92 Å². The summed E-state index contributed by atoms with van der Waals surface area (Å²) in [5.41, 5.74) is 1.30. The van der Waals surface area contributed by atoms with Crippen molar-refractivity contribution >= 4 is 22.6 Å². The maximum Gasteiger partial charge on any atom is 0.303 e. The molecular formula is C13H12F2N2O2. The van der Waals surface area contributed by atoms with Crippen LogP contribution in [0.25, 0.3) is 11.0 Å². The molecule has 0 atom stereocenters. The monoisotopic (exact) mass is 266 g/mol. The van der Waals surface area contributed by atoms with Gasteiger partial charge in [0.15, 0.2) is 5.82 Å². The summed E-state index contributed by atoms with van der Waals surface area (Å²) in [6, 6.07) is 7.01. The molecule has 1 aromatic carbocycles. The van der Waals surface area contributed by atoms with E-state index < -0.39 is 23.9 Å². The predicted molar refractivity (Wildman–Crippen MR) is 65.3 cm³/mol. The van der Waals surface area contributed by atoms with Crippen LogP contribution < -0.4 is 0 Å². The molecule has 0 bridgehead atoms. The zero-order valence-electron chi connectivity index (χ0n) is 10.5. The number of Topliss-reactive ketones (excluding diaryl/α,β-unsaturated/α-hetero) is 2. The van der Waals surface area contributed by atoms with Crippen LogP contribution >= 0.6 is 0 Å². The van der Waals surface area contributed by atoms with Crippen molar-refractivity contribution in [2.45, 2.75) is 19.3 Å². The van der Waals surface area contributed by atoms with E-state index >= 15 is 0 Å². The van der Waals surface area contributed by atoms with Gasteiger partial charge in [-0.2, -0.15) is 8.78 Å². The minimum absolute atomic E-state index is 0.0128. The molecule has 0 saturated heterocycles. The molecule has 4 nitrogen and oxygen atoms in total. The molecule has 0 amide bonds. The number of rotatable bonds is 4. The Morgan fingerprint density at radius 2 is 1.95 bits per heavy atom. The molecule has 0 unspecified atom stereocenters. The normalized spacial score (nSPS) is 11.8. The molecule has 1 aromatic heterocycles. The molecule has 19 heavy (non-hydrogen) atoms. The van der Waals surface area contributed by atoms with E-state index in [0.717, 1.165) is 0 Å². The van der Waals surface area contributed by atoms with E-state index in [4.69, 9.17) is 0 Å². The van der Waals surface area contributed by atoms with Gasteiger partial charge in [0.2, 0.25) is 11.6 Å². The number of carbonyl (C=O) groups excluding carboxylic acids is 2. The van der Waals surface area contributed by atoms with E-state index in [9.17, 15) is 18.4 Å². The second-order valence-electron chi connectivity index (χ2n) is 4.39. The Hall–Kier alpha value is -2.11. The predicted octanol–water partition coefficient (Wildman–Crippen LogP) is 2.37. The topological polar surface area (TPSA) is 52.0 Å². The molecule has 0 aliphatic carbocycles. The molecule has 0 fully saturated rings. The van der Waals surface area contributed by atoms with Crippen LogP contribution in [0.3, 0.4) is 0 Å². The van der Waals surface area contributed by atoms with Crippen LogP contribution in [-0.4, -0.2) is 27.0 Å². The fourth-order valence-corrected chi connectivity index (χ4v) is 1.78. The van der Waals surface area contributed by atoms with Crippen molar-refractivity contribution in [2.24, 2.45) is 7.05 Å². The molecule has 0 aliphatic rings. The quantitative estimate of drug-likeness (QED) is 0.630. The number of para-hydroxylation sites is 2. The zero-order chi connectivity index (χ0) is 14.2. The van der Waals surface area contributed by atoms with Crippen LogP contribution in [0, 0.1) is 0 Å². The van der Waals surface area contributed by atoms with Crippen LogP contribution in [0.5, 0.6) is 0 Å².